The van der Waals surface area contributed by atoms with Crippen LogP contribution in [0.2, 0.25) is 0 Å². The molecule has 130 valence electrons. The second-order valence-corrected chi connectivity index (χ2v) is 6.34. The molecule has 1 amide bonds. The number of hydrogen-bond donors (Lipinski definition) is 2. The zero-order chi connectivity index (χ0) is 16.4. The molecule has 0 unspecified atom stereocenters. The maximum Gasteiger partial charge on any atom is 0.272 e. The number of nitrogens with one attached hydrogen (secondary N) is 1. The molecule has 0 aliphatic heterocycles. The van der Waals surface area contributed by atoms with Gasteiger partial charge in [-0.2, -0.15) is 5.10 Å². The van der Waals surface area contributed by atoms with Gasteiger partial charge in [-0.25, -0.2) is 4.68 Å². The zero-order valence-electron chi connectivity index (χ0n) is 14.2. The van der Waals surface area contributed by atoms with Gasteiger partial charge in [0.25, 0.3) is 5.91 Å². The topological polar surface area (TPSA) is 72.9 Å². The number of halogens is 1. The Balaban J connectivity index is 0.00000208. The number of nitrogens with zero attached hydrogens (tertiary/aromatic N) is 2. The SMILES string of the molecule is Cc1ccc(-n2nc(C(=O)N[C@@H](C)CN)c3c2CCCC3)cc1.Cl. The van der Waals surface area contributed by atoms with Gasteiger partial charge in [-0.15, -0.1) is 12.4 Å². The first-order valence-corrected chi connectivity index (χ1v) is 8.29. The summed E-state index contributed by atoms with van der Waals surface area (Å²) in [6.45, 7) is 4.39. The van der Waals surface area contributed by atoms with Crippen LogP contribution in [0.15, 0.2) is 24.3 Å². The van der Waals surface area contributed by atoms with Gasteiger partial charge in [0.2, 0.25) is 0 Å². The molecule has 0 spiro atoms. The quantitative estimate of drug-likeness (QED) is 0.891. The van der Waals surface area contributed by atoms with Crippen LogP contribution in [0, 0.1) is 6.92 Å². The Bertz CT molecular complexity index is 709. The lowest BCUT2D eigenvalue weighted by atomic mass is 9.95. The van der Waals surface area contributed by atoms with Crippen molar-refractivity contribution in [3.8, 4) is 5.69 Å². The molecule has 3 rings (SSSR count). The molecule has 24 heavy (non-hydrogen) atoms. The van der Waals surface area contributed by atoms with Crippen molar-refractivity contribution in [2.24, 2.45) is 5.73 Å². The van der Waals surface area contributed by atoms with E-state index >= 15 is 0 Å². The van der Waals surface area contributed by atoms with E-state index in [1.54, 1.807) is 0 Å². The summed E-state index contributed by atoms with van der Waals surface area (Å²) < 4.78 is 1.94. The van der Waals surface area contributed by atoms with Gasteiger partial charge in [-0.05, 0) is 51.7 Å². The lowest BCUT2D eigenvalue weighted by Crippen LogP contribution is -2.38. The molecule has 0 radical (unpaired) electrons. The largest absolute Gasteiger partial charge is 0.347 e. The second-order valence-electron chi connectivity index (χ2n) is 6.34. The highest BCUT2D eigenvalue weighted by molar-refractivity contribution is 5.94. The van der Waals surface area contributed by atoms with Crippen LogP contribution in [0.25, 0.3) is 5.69 Å². The van der Waals surface area contributed by atoms with Crippen LogP contribution in [0.4, 0.5) is 0 Å². The Morgan fingerprint density at radius 3 is 2.62 bits per heavy atom. The molecule has 1 aromatic heterocycles. The number of aryl methyl sites for hydroxylation is 1. The van der Waals surface area contributed by atoms with E-state index in [0.717, 1.165) is 36.9 Å². The van der Waals surface area contributed by atoms with Crippen molar-refractivity contribution in [2.75, 3.05) is 6.54 Å². The Morgan fingerprint density at radius 2 is 1.96 bits per heavy atom. The summed E-state index contributed by atoms with van der Waals surface area (Å²) in [4.78, 5) is 12.5. The Hall–Kier alpha value is -1.85. The fraction of sp³-hybridized carbons (Fsp3) is 0.444. The Labute approximate surface area is 149 Å². The maximum absolute atomic E-state index is 12.5. The molecule has 1 atom stereocenters. The molecule has 3 N–H and O–H groups in total. The van der Waals surface area contributed by atoms with Crippen molar-refractivity contribution in [2.45, 2.75) is 45.6 Å². The summed E-state index contributed by atoms with van der Waals surface area (Å²) >= 11 is 0. The fourth-order valence-corrected chi connectivity index (χ4v) is 3.03. The first-order chi connectivity index (χ1) is 11.1. The van der Waals surface area contributed by atoms with Gasteiger partial charge < -0.3 is 11.1 Å². The molecule has 0 saturated heterocycles. The summed E-state index contributed by atoms with van der Waals surface area (Å²) in [6.07, 6.45) is 4.14. The van der Waals surface area contributed by atoms with Crippen molar-refractivity contribution >= 4 is 18.3 Å². The summed E-state index contributed by atoms with van der Waals surface area (Å²) in [7, 11) is 0. The minimum atomic E-state index is -0.119. The van der Waals surface area contributed by atoms with E-state index in [0.29, 0.717) is 12.2 Å². The van der Waals surface area contributed by atoms with Gasteiger partial charge in [0.15, 0.2) is 5.69 Å². The van der Waals surface area contributed by atoms with Crippen LogP contribution in [-0.4, -0.2) is 28.3 Å². The van der Waals surface area contributed by atoms with Crippen LogP contribution in [0.5, 0.6) is 0 Å². The standard InChI is InChI=1S/C18H24N4O.ClH/c1-12-7-9-14(10-8-12)22-16-6-4-3-5-15(16)17(21-22)18(23)20-13(2)11-19;/h7-10,13H,3-6,11,19H2,1-2H3,(H,20,23);1H/t13-;/m0./s1. The van der Waals surface area contributed by atoms with E-state index in [1.807, 2.05) is 11.6 Å². The summed E-state index contributed by atoms with van der Waals surface area (Å²) in [5.74, 6) is -0.119. The predicted molar refractivity (Wildman–Crippen MR) is 98.2 cm³/mol. The van der Waals surface area contributed by atoms with Crippen LogP contribution in [0.3, 0.4) is 0 Å². The molecule has 0 fully saturated rings. The Kier molecular flexibility index (Phi) is 6.02. The number of hydrogen-bond acceptors (Lipinski definition) is 3. The number of rotatable bonds is 4. The zero-order valence-corrected chi connectivity index (χ0v) is 15.0. The molecular weight excluding hydrogens is 324 g/mol. The highest BCUT2D eigenvalue weighted by Crippen LogP contribution is 2.27. The third-order valence-electron chi connectivity index (χ3n) is 4.40. The van der Waals surface area contributed by atoms with Crippen LogP contribution < -0.4 is 11.1 Å². The number of carbonyl (C=O) groups is 1. The number of aromatic nitrogens is 2. The molecule has 0 saturated carbocycles. The number of carbonyl (C=O) groups excluding carboxylic acids is 1. The molecule has 0 bridgehead atoms. The second kappa shape index (κ2) is 7.81. The molecule has 1 aromatic carbocycles. The van der Waals surface area contributed by atoms with Crippen LogP contribution >= 0.6 is 12.4 Å². The third-order valence-corrected chi connectivity index (χ3v) is 4.40. The number of amides is 1. The van der Waals surface area contributed by atoms with E-state index in [9.17, 15) is 4.79 Å². The van der Waals surface area contributed by atoms with Gasteiger partial charge in [-0.3, -0.25) is 4.79 Å². The number of nitrogens with two attached hydrogens (primary N) is 1. The van der Waals surface area contributed by atoms with Crippen molar-refractivity contribution in [1.29, 1.82) is 0 Å². The third kappa shape index (κ3) is 3.62. The molecule has 6 heteroatoms. The highest BCUT2D eigenvalue weighted by atomic mass is 35.5. The average Bonchev–Trinajstić information content (AvgIpc) is 2.95. The monoisotopic (exact) mass is 348 g/mol. The highest BCUT2D eigenvalue weighted by Gasteiger charge is 2.25. The van der Waals surface area contributed by atoms with Crippen molar-refractivity contribution in [3.05, 3.63) is 46.8 Å². The van der Waals surface area contributed by atoms with Gasteiger partial charge in [0, 0.05) is 23.8 Å². The molecule has 2 aromatic rings. The van der Waals surface area contributed by atoms with Crippen LogP contribution in [-0.2, 0) is 12.8 Å². The normalized spacial score (nSPS) is 14.5. The first kappa shape index (κ1) is 18.5. The molecule has 1 heterocycles. The summed E-state index contributed by atoms with van der Waals surface area (Å²) in [6, 6.07) is 8.21. The average molecular weight is 349 g/mol. The van der Waals surface area contributed by atoms with Gasteiger partial charge in [0.1, 0.15) is 0 Å². The Morgan fingerprint density at radius 1 is 1.29 bits per heavy atom. The number of fused-ring (bicyclic) bond motifs is 1. The smallest absolute Gasteiger partial charge is 0.272 e. The van der Waals surface area contributed by atoms with E-state index in [1.165, 1.54) is 11.3 Å². The summed E-state index contributed by atoms with van der Waals surface area (Å²) in [5, 5.41) is 7.57. The maximum atomic E-state index is 12.5. The molecule has 5 nitrogen and oxygen atoms in total. The fourth-order valence-electron chi connectivity index (χ4n) is 3.03. The minimum Gasteiger partial charge on any atom is -0.347 e. The van der Waals surface area contributed by atoms with Gasteiger partial charge >= 0.3 is 0 Å². The lowest BCUT2D eigenvalue weighted by Gasteiger charge is -2.15. The van der Waals surface area contributed by atoms with Crippen molar-refractivity contribution in [3.63, 3.8) is 0 Å². The van der Waals surface area contributed by atoms with E-state index < -0.39 is 0 Å². The minimum absolute atomic E-state index is 0. The van der Waals surface area contributed by atoms with E-state index in [-0.39, 0.29) is 24.4 Å². The van der Waals surface area contributed by atoms with E-state index in [2.05, 4.69) is 41.6 Å². The van der Waals surface area contributed by atoms with Crippen LogP contribution in [0.1, 0.15) is 47.1 Å². The van der Waals surface area contributed by atoms with Gasteiger partial charge in [-0.1, -0.05) is 17.7 Å². The van der Waals surface area contributed by atoms with Crippen molar-refractivity contribution in [1.82, 2.24) is 15.1 Å². The molecular formula is C18H25ClN4O. The van der Waals surface area contributed by atoms with E-state index in [4.69, 9.17) is 5.73 Å². The number of benzene rings is 1. The van der Waals surface area contributed by atoms with Crippen molar-refractivity contribution < 1.29 is 4.79 Å². The summed E-state index contributed by atoms with van der Waals surface area (Å²) in [5.41, 5.74) is 10.7. The predicted octanol–water partition coefficient (Wildman–Crippen LogP) is 2.56. The molecule has 1 aliphatic carbocycles. The molecule has 1 aliphatic rings. The van der Waals surface area contributed by atoms with Gasteiger partial charge in [0.05, 0.1) is 5.69 Å². The lowest BCUT2D eigenvalue weighted by molar-refractivity contribution is 0.0935. The first-order valence-electron chi connectivity index (χ1n) is 8.29.